The van der Waals surface area contributed by atoms with Crippen molar-refractivity contribution in [1.82, 2.24) is 0 Å². The van der Waals surface area contributed by atoms with E-state index in [9.17, 15) is 4.79 Å². The number of halogens is 1. The maximum absolute atomic E-state index is 13.9. The fraction of sp³-hybridized carbons (Fsp3) is 0.731. The number of ketones is 1. The van der Waals surface area contributed by atoms with Crippen LogP contribution in [0.1, 0.15) is 58.4 Å². The molecule has 8 atom stereocenters. The summed E-state index contributed by atoms with van der Waals surface area (Å²) >= 11 is 4.04. The van der Waals surface area contributed by atoms with E-state index in [1.54, 1.807) is 7.11 Å². The topological polar surface area (TPSA) is 48.1 Å². The molecule has 0 aromatic heterocycles. The summed E-state index contributed by atoms with van der Waals surface area (Å²) in [5.74, 6) is 2.84. The van der Waals surface area contributed by atoms with E-state index >= 15 is 0 Å². The maximum Gasteiger partial charge on any atom is 0.142 e. The molecule has 31 heavy (non-hydrogen) atoms. The van der Waals surface area contributed by atoms with Crippen LogP contribution in [-0.2, 0) is 20.9 Å². The van der Waals surface area contributed by atoms with Crippen molar-refractivity contribution >= 4 is 21.7 Å². The van der Waals surface area contributed by atoms with Gasteiger partial charge >= 0.3 is 0 Å². The molecule has 1 heterocycles. The van der Waals surface area contributed by atoms with Crippen molar-refractivity contribution in [3.63, 3.8) is 0 Å². The maximum atomic E-state index is 13.9. The van der Waals surface area contributed by atoms with Crippen LogP contribution in [-0.4, -0.2) is 35.0 Å². The number of carbonyl (C=O) groups is 1. The van der Waals surface area contributed by atoms with Crippen LogP contribution in [0.2, 0.25) is 0 Å². The first kappa shape index (κ1) is 20.7. The molecule has 6 rings (SSSR count). The van der Waals surface area contributed by atoms with Crippen LogP contribution < -0.4 is 4.74 Å². The Labute approximate surface area is 193 Å². The van der Waals surface area contributed by atoms with Crippen LogP contribution >= 0.6 is 15.9 Å². The first-order valence-electron chi connectivity index (χ1n) is 11.8. The second kappa shape index (κ2) is 6.36. The first-order valence-corrected chi connectivity index (χ1v) is 12.7. The molecule has 1 saturated heterocycles. The largest absolute Gasteiger partial charge is 0.497 e. The Balaban J connectivity index is 1.29. The minimum atomic E-state index is -0.385. The van der Waals surface area contributed by atoms with Gasteiger partial charge in [0.25, 0.3) is 0 Å². The van der Waals surface area contributed by atoms with E-state index < -0.39 is 0 Å². The second-order valence-electron chi connectivity index (χ2n) is 11.4. The van der Waals surface area contributed by atoms with Gasteiger partial charge in [-0.15, -0.1) is 0 Å². The molecule has 0 N–H and O–H groups in total. The van der Waals surface area contributed by atoms with Crippen LogP contribution in [0.4, 0.5) is 0 Å². The van der Waals surface area contributed by atoms with E-state index in [4.69, 9.17) is 14.2 Å². The highest BCUT2D eigenvalue weighted by atomic mass is 79.9. The summed E-state index contributed by atoms with van der Waals surface area (Å²) in [4.78, 5) is 14.0. The van der Waals surface area contributed by atoms with Crippen molar-refractivity contribution in [2.75, 3.05) is 7.11 Å². The molecule has 5 fully saturated rings. The molecular weight excluding hydrogens is 456 g/mol. The molecule has 168 valence electrons. The Morgan fingerprint density at radius 1 is 1.13 bits per heavy atom. The molecular formula is C26H33BrO4. The van der Waals surface area contributed by atoms with Crippen molar-refractivity contribution in [2.24, 2.45) is 28.6 Å². The molecule has 2 spiro atoms. The van der Waals surface area contributed by atoms with Gasteiger partial charge in [0, 0.05) is 12.3 Å². The molecule has 0 amide bonds. The van der Waals surface area contributed by atoms with Gasteiger partial charge in [-0.25, -0.2) is 0 Å². The molecule has 0 unspecified atom stereocenters. The zero-order valence-electron chi connectivity index (χ0n) is 18.9. The predicted octanol–water partition coefficient (Wildman–Crippen LogP) is 5.31. The molecule has 1 aromatic carbocycles. The van der Waals surface area contributed by atoms with Gasteiger partial charge in [-0.05, 0) is 67.6 Å². The monoisotopic (exact) mass is 488 g/mol. The number of methoxy groups -OCH3 is 1. The van der Waals surface area contributed by atoms with E-state index in [0.29, 0.717) is 36.1 Å². The molecule has 5 heteroatoms. The van der Waals surface area contributed by atoms with Gasteiger partial charge in [-0.3, -0.25) is 4.79 Å². The third-order valence-corrected chi connectivity index (χ3v) is 11.5. The summed E-state index contributed by atoms with van der Waals surface area (Å²) in [6, 6.07) is 8.07. The highest BCUT2D eigenvalue weighted by Crippen LogP contribution is 2.82. The number of alkyl halides is 1. The lowest BCUT2D eigenvalue weighted by Gasteiger charge is -2.39. The molecule has 4 nitrogen and oxygen atoms in total. The van der Waals surface area contributed by atoms with Gasteiger partial charge in [-0.1, -0.05) is 41.9 Å². The Bertz CT molecular complexity index is 928. The lowest BCUT2D eigenvalue weighted by molar-refractivity contribution is -0.139. The number of hydrogen-bond acceptors (Lipinski definition) is 4. The number of carbonyl (C=O) groups excluding carboxylic acids is 1. The Morgan fingerprint density at radius 3 is 2.58 bits per heavy atom. The van der Waals surface area contributed by atoms with Crippen LogP contribution in [0.5, 0.6) is 5.75 Å². The second-order valence-corrected chi connectivity index (χ2v) is 12.4. The summed E-state index contributed by atoms with van der Waals surface area (Å²) in [5, 5.41) is 0. The Hall–Kier alpha value is -0.910. The van der Waals surface area contributed by atoms with Gasteiger partial charge in [-0.2, -0.15) is 0 Å². The highest BCUT2D eigenvalue weighted by Gasteiger charge is 2.91. The van der Waals surface area contributed by atoms with Gasteiger partial charge in [0.15, 0.2) is 0 Å². The van der Waals surface area contributed by atoms with Crippen molar-refractivity contribution in [3.8, 4) is 5.75 Å². The summed E-state index contributed by atoms with van der Waals surface area (Å²) in [5.41, 5.74) is 0.543. The van der Waals surface area contributed by atoms with Crippen molar-refractivity contribution in [3.05, 3.63) is 29.8 Å². The molecule has 4 aliphatic carbocycles. The number of benzene rings is 1. The zero-order valence-corrected chi connectivity index (χ0v) is 20.5. The van der Waals surface area contributed by atoms with Gasteiger partial charge in [0.1, 0.15) is 22.7 Å². The summed E-state index contributed by atoms with van der Waals surface area (Å²) in [6.07, 6.45) is 4.71. The number of ether oxygens (including phenoxy) is 3. The molecule has 0 radical (unpaired) electrons. The zero-order chi connectivity index (χ0) is 21.8. The van der Waals surface area contributed by atoms with Crippen LogP contribution in [0.25, 0.3) is 0 Å². The van der Waals surface area contributed by atoms with E-state index in [0.717, 1.165) is 37.0 Å². The molecule has 1 aliphatic heterocycles. The molecule has 1 aromatic rings. The van der Waals surface area contributed by atoms with E-state index in [1.165, 1.54) is 0 Å². The smallest absolute Gasteiger partial charge is 0.142 e. The predicted molar refractivity (Wildman–Crippen MR) is 121 cm³/mol. The van der Waals surface area contributed by atoms with Crippen molar-refractivity contribution < 1.29 is 19.0 Å². The van der Waals surface area contributed by atoms with Crippen molar-refractivity contribution in [2.45, 2.75) is 81.6 Å². The van der Waals surface area contributed by atoms with E-state index in [2.05, 4.69) is 48.8 Å². The minimum absolute atomic E-state index is 0.0861. The fourth-order valence-electron chi connectivity index (χ4n) is 8.18. The van der Waals surface area contributed by atoms with Gasteiger partial charge in [0.2, 0.25) is 0 Å². The standard InChI is InChI=1S/C26H33BrO4/c1-23(2)17-9-10-20(28)25-12-11-19(30-14-15-5-7-16(29-4)8-6-15)21(25)22(27)24(3)26(25,31-24)13-18(17)23/h5-8,17-19,21-22H,9-14H2,1-4H3/t17-,18+,19+,21-,22-,24+,25+,26+/m1/s1. The van der Waals surface area contributed by atoms with Gasteiger partial charge < -0.3 is 14.2 Å². The SMILES string of the molecule is COc1ccc(CO[C@H]2CC[C@@]34C(=O)CC[C@@H]5[C@H](C[C@@]36O[C@@]6(C)[C@H](Br)[C@@H]24)C5(C)C)cc1. The first-order chi connectivity index (χ1) is 14.7. The molecule has 5 aliphatic rings. The molecule has 4 saturated carbocycles. The third-order valence-electron chi connectivity index (χ3n) is 10.1. The lowest BCUT2D eigenvalue weighted by Crippen LogP contribution is -2.48. The van der Waals surface area contributed by atoms with Crippen LogP contribution in [0.3, 0.4) is 0 Å². The number of hydrogen-bond donors (Lipinski definition) is 0. The quantitative estimate of drug-likeness (QED) is 0.425. The highest BCUT2D eigenvalue weighted by molar-refractivity contribution is 9.09. The fourth-order valence-corrected chi connectivity index (χ4v) is 9.43. The van der Waals surface area contributed by atoms with Crippen molar-refractivity contribution in [1.29, 1.82) is 0 Å². The number of epoxide rings is 1. The normalized spacial score (nSPS) is 48.7. The number of Topliss-reactive ketones (excluding diaryl/α,β-unsaturated/α-hetero) is 1. The minimum Gasteiger partial charge on any atom is -0.497 e. The third kappa shape index (κ3) is 2.41. The summed E-state index contributed by atoms with van der Waals surface area (Å²) < 4.78 is 18.4. The average molecular weight is 489 g/mol. The number of fused-ring (bicyclic) bond motifs is 1. The Morgan fingerprint density at radius 2 is 1.87 bits per heavy atom. The molecule has 0 bridgehead atoms. The Kier molecular flexibility index (Phi) is 4.24. The van der Waals surface area contributed by atoms with Crippen LogP contribution in [0, 0.1) is 28.6 Å². The van der Waals surface area contributed by atoms with E-state index in [-0.39, 0.29) is 33.5 Å². The van der Waals surface area contributed by atoms with Crippen LogP contribution in [0.15, 0.2) is 24.3 Å². The summed E-state index contributed by atoms with van der Waals surface area (Å²) in [6.45, 7) is 7.58. The number of rotatable bonds is 4. The summed E-state index contributed by atoms with van der Waals surface area (Å²) in [7, 11) is 1.68. The van der Waals surface area contributed by atoms with Gasteiger partial charge in [0.05, 0.1) is 30.1 Å². The average Bonchev–Trinajstić information content (AvgIpc) is 3.40. The van der Waals surface area contributed by atoms with E-state index in [1.807, 2.05) is 12.1 Å². The lowest BCUT2D eigenvalue weighted by atomic mass is 9.64.